The number of fused-ring (bicyclic) bond motifs is 3. The normalized spacial score (nSPS) is 17.4. The number of ether oxygens (including phenoxy) is 1. The molecule has 8 heteroatoms. The van der Waals surface area contributed by atoms with Crippen molar-refractivity contribution in [3.8, 4) is 5.75 Å². The van der Waals surface area contributed by atoms with Crippen LogP contribution >= 0.6 is 0 Å². The van der Waals surface area contributed by atoms with E-state index in [1.165, 1.54) is 22.8 Å². The van der Waals surface area contributed by atoms with Crippen molar-refractivity contribution in [3.05, 3.63) is 78.1 Å². The quantitative estimate of drug-likeness (QED) is 0.585. The molecule has 0 saturated carbocycles. The van der Waals surface area contributed by atoms with Gasteiger partial charge in [-0.3, -0.25) is 4.79 Å². The maximum atomic E-state index is 13.3. The van der Waals surface area contributed by atoms with Crippen LogP contribution in [-0.4, -0.2) is 52.2 Å². The summed E-state index contributed by atoms with van der Waals surface area (Å²) in [6, 6.07) is 12.2. The molecule has 0 saturated heterocycles. The van der Waals surface area contributed by atoms with E-state index in [9.17, 15) is 18.8 Å². The van der Waals surface area contributed by atoms with Crippen LogP contribution in [0, 0.1) is 5.82 Å². The molecule has 0 spiro atoms. The molecule has 0 aromatic heterocycles. The Labute approximate surface area is 172 Å². The molecule has 2 heterocycles. The highest BCUT2D eigenvalue weighted by Crippen LogP contribution is 2.32. The fraction of sp³-hybridized carbons (Fsp3) is 0.182. The number of para-hydroxylation sites is 1. The van der Waals surface area contributed by atoms with Crippen molar-refractivity contribution in [2.75, 3.05) is 13.1 Å². The molecule has 1 atom stereocenters. The first-order chi connectivity index (χ1) is 14.5. The predicted octanol–water partition coefficient (Wildman–Crippen LogP) is 1.85. The van der Waals surface area contributed by atoms with Crippen LogP contribution in [0.5, 0.6) is 5.75 Å². The fourth-order valence-corrected chi connectivity index (χ4v) is 3.50. The first-order valence-corrected chi connectivity index (χ1v) is 9.37. The Balaban J connectivity index is 1.74. The summed E-state index contributed by atoms with van der Waals surface area (Å²) in [5, 5.41) is 2.56. The van der Waals surface area contributed by atoms with Gasteiger partial charge in [0, 0.05) is 6.54 Å². The number of nitrogens with zero attached hydrogens (tertiary/aromatic N) is 2. The van der Waals surface area contributed by atoms with E-state index in [1.807, 2.05) is 0 Å². The molecule has 7 nitrogen and oxygen atoms in total. The van der Waals surface area contributed by atoms with E-state index in [0.717, 1.165) is 4.90 Å². The lowest BCUT2D eigenvalue weighted by Gasteiger charge is -2.24. The van der Waals surface area contributed by atoms with Crippen LogP contribution in [0.4, 0.5) is 9.18 Å². The van der Waals surface area contributed by atoms with E-state index in [1.54, 1.807) is 36.4 Å². The van der Waals surface area contributed by atoms with Gasteiger partial charge in [-0.05, 0) is 29.8 Å². The van der Waals surface area contributed by atoms with Gasteiger partial charge in [-0.25, -0.2) is 9.18 Å². The highest BCUT2D eigenvalue weighted by Gasteiger charge is 2.54. The van der Waals surface area contributed by atoms with Gasteiger partial charge in [0.05, 0.1) is 5.56 Å². The summed E-state index contributed by atoms with van der Waals surface area (Å²) in [5.41, 5.74) is 1.74. The van der Waals surface area contributed by atoms with Gasteiger partial charge in [-0.1, -0.05) is 30.3 Å². The molecule has 152 valence electrons. The summed E-state index contributed by atoms with van der Waals surface area (Å²) in [6.07, 6.45) is 0.467. The van der Waals surface area contributed by atoms with Crippen LogP contribution in [-0.2, 0) is 16.1 Å². The third-order valence-electron chi connectivity index (χ3n) is 4.90. The van der Waals surface area contributed by atoms with Gasteiger partial charge in [0.1, 0.15) is 18.1 Å². The number of rotatable bonds is 6. The lowest BCUT2D eigenvalue weighted by molar-refractivity contribution is -0.456. The number of imide groups is 1. The average Bonchev–Trinajstić information content (AvgIpc) is 3.14. The average molecular weight is 408 g/mol. The number of carbonyl (C=O) groups is 3. The molecule has 1 unspecified atom stereocenters. The zero-order valence-corrected chi connectivity index (χ0v) is 16.0. The second-order valence-electron chi connectivity index (χ2n) is 6.89. The van der Waals surface area contributed by atoms with Crippen LogP contribution in [0.15, 0.2) is 61.2 Å². The molecule has 0 fully saturated rings. The number of carbonyl (C=O) groups excluding carboxylic acids is 3. The third-order valence-corrected chi connectivity index (χ3v) is 4.90. The molecule has 2 aliphatic rings. The Hall–Kier alpha value is -3.81. The number of hydrogen-bond acceptors (Lipinski definition) is 4. The number of halogens is 1. The molecular formula is C22H19FN3O4+. The highest BCUT2D eigenvalue weighted by atomic mass is 19.1. The number of amides is 4. The minimum Gasteiger partial charge on any atom is -0.469 e. The molecule has 2 aromatic carbocycles. The molecular weight excluding hydrogens is 389 g/mol. The van der Waals surface area contributed by atoms with Gasteiger partial charge in [0.15, 0.2) is 12.3 Å². The summed E-state index contributed by atoms with van der Waals surface area (Å²) < 4.78 is 20.5. The van der Waals surface area contributed by atoms with E-state index >= 15 is 0 Å². The lowest BCUT2D eigenvalue weighted by atomic mass is 10.0. The van der Waals surface area contributed by atoms with Crippen LogP contribution < -0.4 is 10.1 Å². The first kappa shape index (κ1) is 19.5. The van der Waals surface area contributed by atoms with Gasteiger partial charge in [0.2, 0.25) is 0 Å². The van der Waals surface area contributed by atoms with Gasteiger partial charge in [-0.15, -0.1) is 11.5 Å². The molecule has 4 rings (SSSR count). The maximum absolute atomic E-state index is 13.3. The van der Waals surface area contributed by atoms with Crippen LogP contribution in [0.2, 0.25) is 0 Å². The molecule has 4 amide bonds. The van der Waals surface area contributed by atoms with E-state index in [2.05, 4.69) is 11.9 Å². The van der Waals surface area contributed by atoms with E-state index < -0.39 is 30.5 Å². The van der Waals surface area contributed by atoms with E-state index in [-0.39, 0.29) is 18.9 Å². The van der Waals surface area contributed by atoms with Gasteiger partial charge in [0.25, 0.3) is 12.0 Å². The molecule has 0 radical (unpaired) electrons. The van der Waals surface area contributed by atoms with Crippen molar-refractivity contribution < 1.29 is 28.1 Å². The Morgan fingerprint density at radius 2 is 1.93 bits per heavy atom. The van der Waals surface area contributed by atoms with Crippen molar-refractivity contribution >= 4 is 23.6 Å². The number of benzene rings is 2. The highest BCUT2D eigenvalue weighted by molar-refractivity contribution is 6.22. The predicted molar refractivity (Wildman–Crippen MR) is 106 cm³/mol. The van der Waals surface area contributed by atoms with Crippen molar-refractivity contribution in [3.63, 3.8) is 0 Å². The SMILES string of the molecule is C=CCNC(=O)CN1C(=O)C2Oc3ccccc3C2=[N+](Cc2ccc(F)cc2)C1=O. The van der Waals surface area contributed by atoms with Crippen LogP contribution in [0.3, 0.4) is 0 Å². The fourth-order valence-electron chi connectivity index (χ4n) is 3.50. The Morgan fingerprint density at radius 3 is 2.67 bits per heavy atom. The molecule has 30 heavy (non-hydrogen) atoms. The van der Waals surface area contributed by atoms with Crippen LogP contribution in [0.1, 0.15) is 11.1 Å². The summed E-state index contributed by atoms with van der Waals surface area (Å²) in [6.45, 7) is 3.40. The van der Waals surface area contributed by atoms with Crippen molar-refractivity contribution in [2.24, 2.45) is 0 Å². The van der Waals surface area contributed by atoms with Crippen LogP contribution in [0.25, 0.3) is 0 Å². The number of hydrogen-bond donors (Lipinski definition) is 1. The maximum Gasteiger partial charge on any atom is 0.501 e. The van der Waals surface area contributed by atoms with Gasteiger partial charge >= 0.3 is 11.9 Å². The minimum atomic E-state index is -1.03. The molecule has 0 bridgehead atoms. The lowest BCUT2D eigenvalue weighted by Crippen LogP contribution is -2.59. The molecule has 1 N–H and O–H groups in total. The zero-order chi connectivity index (χ0) is 21.3. The first-order valence-electron chi connectivity index (χ1n) is 9.37. The third kappa shape index (κ3) is 3.47. The van der Waals surface area contributed by atoms with Gasteiger partial charge < -0.3 is 10.1 Å². The summed E-state index contributed by atoms with van der Waals surface area (Å²) >= 11 is 0. The molecule has 2 aromatic rings. The zero-order valence-electron chi connectivity index (χ0n) is 16.0. The second kappa shape index (κ2) is 7.90. The smallest absolute Gasteiger partial charge is 0.469 e. The van der Waals surface area contributed by atoms with E-state index in [4.69, 9.17) is 4.74 Å². The molecule has 0 aliphatic carbocycles. The topological polar surface area (TPSA) is 78.7 Å². The Bertz CT molecular complexity index is 1080. The monoisotopic (exact) mass is 408 g/mol. The summed E-state index contributed by atoms with van der Waals surface area (Å²) in [7, 11) is 0. The van der Waals surface area contributed by atoms with Gasteiger partial charge in [-0.2, -0.15) is 9.37 Å². The summed E-state index contributed by atoms with van der Waals surface area (Å²) in [4.78, 5) is 39.3. The number of urea groups is 1. The second-order valence-corrected chi connectivity index (χ2v) is 6.89. The van der Waals surface area contributed by atoms with Crippen molar-refractivity contribution in [1.29, 1.82) is 0 Å². The summed E-state index contributed by atoms with van der Waals surface area (Å²) in [5.74, 6) is -0.993. The van der Waals surface area contributed by atoms with Crippen molar-refractivity contribution in [2.45, 2.75) is 12.6 Å². The largest absolute Gasteiger partial charge is 0.501 e. The Kier molecular flexibility index (Phi) is 5.14. The number of nitrogens with one attached hydrogen (secondary N) is 1. The van der Waals surface area contributed by atoms with Crippen molar-refractivity contribution in [1.82, 2.24) is 10.2 Å². The Morgan fingerprint density at radius 1 is 1.20 bits per heavy atom. The molecule has 2 aliphatic heterocycles. The van der Waals surface area contributed by atoms with E-state index in [0.29, 0.717) is 22.6 Å². The standard InChI is InChI=1S/C22H18FN3O4/c1-2-11-24-18(27)13-26-21(28)20-19(16-5-3-4-6-17(16)30-20)25(22(26)29)12-14-7-9-15(23)10-8-14/h2-10,20H,1,11-13H2/p+1. The minimum absolute atomic E-state index is 0.0979.